The van der Waals surface area contributed by atoms with Crippen molar-refractivity contribution in [1.29, 1.82) is 0 Å². The van der Waals surface area contributed by atoms with Gasteiger partial charge in [0, 0.05) is 0 Å². The van der Waals surface area contributed by atoms with Gasteiger partial charge in [0.15, 0.2) is 16.7 Å². The van der Waals surface area contributed by atoms with Crippen molar-refractivity contribution in [3.8, 4) is 0 Å². The van der Waals surface area contributed by atoms with Crippen LogP contribution in [0.15, 0.2) is 16.9 Å². The molecule has 0 amide bonds. The first-order valence-electron chi connectivity index (χ1n) is 4.72. The zero-order chi connectivity index (χ0) is 15.6. The molecule has 12 heteroatoms. The predicted octanol–water partition coefficient (Wildman–Crippen LogP) is 0.881. The standard InChI is InChI=1S/C8H7F4NO6S/c9-7(10,8(11,12)20(15,16)17)3-6(14)19-4-5-13-1-2-18-5/h1-2H,3-4H2,(H,15,16,17)/p-1. The Morgan fingerprint density at radius 1 is 1.40 bits per heavy atom. The quantitative estimate of drug-likeness (QED) is 0.435. The highest BCUT2D eigenvalue weighted by atomic mass is 32.2. The Hall–Kier alpha value is -1.69. The molecule has 0 aliphatic heterocycles. The number of alkyl halides is 4. The Kier molecular flexibility index (Phi) is 4.39. The normalized spacial score (nSPS) is 13.2. The van der Waals surface area contributed by atoms with Gasteiger partial charge in [-0.2, -0.15) is 17.6 Å². The molecule has 0 bridgehead atoms. The van der Waals surface area contributed by atoms with Crippen LogP contribution in [0.2, 0.25) is 0 Å². The number of carbonyl (C=O) groups is 1. The van der Waals surface area contributed by atoms with Crippen molar-refractivity contribution in [1.82, 2.24) is 4.98 Å². The summed E-state index contributed by atoms with van der Waals surface area (Å²) in [6.45, 7) is -0.711. The number of halogens is 4. The summed E-state index contributed by atoms with van der Waals surface area (Å²) in [4.78, 5) is 14.4. The molecule has 0 aromatic carbocycles. The van der Waals surface area contributed by atoms with Gasteiger partial charge < -0.3 is 13.7 Å². The zero-order valence-corrected chi connectivity index (χ0v) is 10.2. The summed E-state index contributed by atoms with van der Waals surface area (Å²) in [5.41, 5.74) is 0. The third kappa shape index (κ3) is 3.45. The summed E-state index contributed by atoms with van der Waals surface area (Å²) in [5, 5.41) is -5.93. The molecule has 20 heavy (non-hydrogen) atoms. The van der Waals surface area contributed by atoms with Gasteiger partial charge in [-0.1, -0.05) is 0 Å². The number of hydrogen-bond donors (Lipinski definition) is 0. The summed E-state index contributed by atoms with van der Waals surface area (Å²) >= 11 is 0. The third-order valence-corrected chi connectivity index (χ3v) is 2.87. The summed E-state index contributed by atoms with van der Waals surface area (Å²) in [6.07, 6.45) is -0.0615. The molecule has 0 atom stereocenters. The van der Waals surface area contributed by atoms with E-state index in [1.807, 2.05) is 0 Å². The first-order chi connectivity index (χ1) is 8.97. The molecule has 0 saturated heterocycles. The summed E-state index contributed by atoms with van der Waals surface area (Å²) in [6, 6.07) is 0. The molecule has 114 valence electrons. The smallest absolute Gasteiger partial charge is 0.396 e. The van der Waals surface area contributed by atoms with E-state index in [-0.39, 0.29) is 5.89 Å². The largest absolute Gasteiger partial charge is 0.743 e. The predicted molar refractivity (Wildman–Crippen MR) is 50.5 cm³/mol. The lowest BCUT2D eigenvalue weighted by Crippen LogP contribution is -2.48. The van der Waals surface area contributed by atoms with Crippen LogP contribution in [-0.4, -0.2) is 35.1 Å². The van der Waals surface area contributed by atoms with Gasteiger partial charge in [-0.15, -0.1) is 0 Å². The SMILES string of the molecule is O=C(CC(F)(F)C(F)(F)S(=O)(=O)[O-])OCc1ncco1. The minimum absolute atomic E-state index is 0.190. The highest BCUT2D eigenvalue weighted by molar-refractivity contribution is 7.86. The van der Waals surface area contributed by atoms with Crippen molar-refractivity contribution in [2.75, 3.05) is 0 Å². The van der Waals surface area contributed by atoms with E-state index < -0.39 is 40.3 Å². The lowest BCUT2D eigenvalue weighted by molar-refractivity contribution is -0.183. The Morgan fingerprint density at radius 2 is 2.00 bits per heavy atom. The minimum atomic E-state index is -6.64. The molecule has 1 aromatic heterocycles. The van der Waals surface area contributed by atoms with E-state index in [4.69, 9.17) is 0 Å². The molecule has 1 heterocycles. The van der Waals surface area contributed by atoms with Crippen LogP contribution in [0.5, 0.6) is 0 Å². The Labute approximate surface area is 109 Å². The molecule has 0 aliphatic carbocycles. The molecular weight excluding hydrogens is 314 g/mol. The summed E-state index contributed by atoms with van der Waals surface area (Å²) < 4.78 is 90.2. The van der Waals surface area contributed by atoms with Gasteiger partial charge >= 0.3 is 17.1 Å². The fraction of sp³-hybridized carbons (Fsp3) is 0.500. The number of oxazole rings is 1. The maximum atomic E-state index is 12.9. The second kappa shape index (κ2) is 5.36. The van der Waals surface area contributed by atoms with Crippen molar-refractivity contribution in [2.24, 2.45) is 0 Å². The van der Waals surface area contributed by atoms with Gasteiger partial charge in [-0.25, -0.2) is 13.4 Å². The fourth-order valence-electron chi connectivity index (χ4n) is 0.985. The van der Waals surface area contributed by atoms with E-state index in [0.29, 0.717) is 0 Å². The van der Waals surface area contributed by atoms with Gasteiger partial charge in [0.2, 0.25) is 5.89 Å². The highest BCUT2D eigenvalue weighted by Crippen LogP contribution is 2.40. The molecule has 7 nitrogen and oxygen atoms in total. The number of carbonyl (C=O) groups excluding carboxylic acids is 1. The van der Waals surface area contributed by atoms with Crippen molar-refractivity contribution < 1.29 is 44.5 Å². The van der Waals surface area contributed by atoms with Crippen LogP contribution in [0, 0.1) is 0 Å². The van der Waals surface area contributed by atoms with E-state index in [9.17, 15) is 35.3 Å². The van der Waals surface area contributed by atoms with Crippen LogP contribution in [0.4, 0.5) is 17.6 Å². The molecule has 0 fully saturated rings. The molecule has 0 spiro atoms. The van der Waals surface area contributed by atoms with Gasteiger partial charge in [0.05, 0.1) is 6.20 Å². The Morgan fingerprint density at radius 3 is 2.45 bits per heavy atom. The van der Waals surface area contributed by atoms with Gasteiger partial charge in [0.25, 0.3) is 0 Å². The first kappa shape index (κ1) is 16.4. The highest BCUT2D eigenvalue weighted by Gasteiger charge is 2.62. The van der Waals surface area contributed by atoms with Crippen molar-refractivity contribution in [3.63, 3.8) is 0 Å². The molecule has 0 aliphatic rings. The lowest BCUT2D eigenvalue weighted by Gasteiger charge is -2.27. The average molecular weight is 320 g/mol. The van der Waals surface area contributed by atoms with Gasteiger partial charge in [-0.05, 0) is 0 Å². The number of ether oxygens (including phenoxy) is 1. The first-order valence-corrected chi connectivity index (χ1v) is 6.13. The van der Waals surface area contributed by atoms with E-state index in [1.165, 1.54) is 0 Å². The number of hydrogen-bond acceptors (Lipinski definition) is 7. The maximum Gasteiger partial charge on any atom is 0.396 e. The number of nitrogens with zero attached hydrogens (tertiary/aromatic N) is 1. The average Bonchev–Trinajstić information content (AvgIpc) is 2.76. The zero-order valence-electron chi connectivity index (χ0n) is 9.39. The van der Waals surface area contributed by atoms with Crippen LogP contribution in [0.3, 0.4) is 0 Å². The molecule has 0 saturated carbocycles. The number of esters is 1. The molecule has 1 rings (SSSR count). The number of aromatic nitrogens is 1. The summed E-state index contributed by atoms with van der Waals surface area (Å²) in [5.74, 6) is -7.44. The fourth-order valence-corrected chi connectivity index (χ4v) is 1.42. The Bertz CT molecular complexity index is 570. The van der Waals surface area contributed by atoms with Crippen molar-refractivity contribution in [2.45, 2.75) is 24.2 Å². The molecule has 0 unspecified atom stereocenters. The monoisotopic (exact) mass is 320 g/mol. The van der Waals surface area contributed by atoms with E-state index >= 15 is 0 Å². The second-order valence-corrected chi connectivity index (χ2v) is 4.86. The van der Waals surface area contributed by atoms with Crippen molar-refractivity contribution >= 4 is 16.1 Å². The van der Waals surface area contributed by atoms with E-state index in [0.717, 1.165) is 12.5 Å². The Balaban J connectivity index is 2.68. The van der Waals surface area contributed by atoms with Gasteiger partial charge in [0.1, 0.15) is 12.7 Å². The lowest BCUT2D eigenvalue weighted by atomic mass is 10.2. The van der Waals surface area contributed by atoms with Crippen LogP contribution < -0.4 is 0 Å². The van der Waals surface area contributed by atoms with Crippen LogP contribution in [0.1, 0.15) is 12.3 Å². The second-order valence-electron chi connectivity index (χ2n) is 3.44. The van der Waals surface area contributed by atoms with E-state index in [1.54, 1.807) is 0 Å². The van der Waals surface area contributed by atoms with Crippen LogP contribution in [-0.2, 0) is 26.3 Å². The molecular formula is C8H6F4NO6S-. The van der Waals surface area contributed by atoms with E-state index in [2.05, 4.69) is 14.1 Å². The van der Waals surface area contributed by atoms with Crippen LogP contribution in [0.25, 0.3) is 0 Å². The van der Waals surface area contributed by atoms with Crippen LogP contribution >= 0.6 is 0 Å². The molecule has 0 N–H and O–H groups in total. The third-order valence-electron chi connectivity index (χ3n) is 1.95. The number of rotatable bonds is 6. The van der Waals surface area contributed by atoms with Crippen molar-refractivity contribution in [3.05, 3.63) is 18.4 Å². The summed E-state index contributed by atoms with van der Waals surface area (Å²) in [7, 11) is -6.64. The molecule has 1 aromatic rings. The molecule has 0 radical (unpaired) electrons. The maximum absolute atomic E-state index is 12.9. The van der Waals surface area contributed by atoms with Gasteiger partial charge in [-0.3, -0.25) is 4.79 Å². The topological polar surface area (TPSA) is 110 Å². The minimum Gasteiger partial charge on any atom is -0.743 e.